The normalized spacial score (nSPS) is 18.3. The van der Waals surface area contributed by atoms with Crippen LogP contribution in [0.25, 0.3) is 0 Å². The van der Waals surface area contributed by atoms with E-state index < -0.39 is 67.3 Å². The number of allylic oxidation sites excluding steroid dienone is 18. The van der Waals surface area contributed by atoms with E-state index in [-0.39, 0.29) is 25.9 Å². The summed E-state index contributed by atoms with van der Waals surface area (Å²) in [5.41, 5.74) is 0. The first kappa shape index (κ1) is 76.4. The first-order valence-electron chi connectivity index (χ1n) is 32.9. The zero-order valence-corrected chi connectivity index (χ0v) is 52.2. The smallest absolute Gasteiger partial charge is 0.335 e. The highest BCUT2D eigenvalue weighted by atomic mass is 16.7. The van der Waals surface area contributed by atoms with E-state index in [1.54, 1.807) is 0 Å². The molecule has 1 aliphatic heterocycles. The van der Waals surface area contributed by atoms with Crippen LogP contribution in [0.2, 0.25) is 0 Å². The van der Waals surface area contributed by atoms with E-state index in [4.69, 9.17) is 23.7 Å². The van der Waals surface area contributed by atoms with Gasteiger partial charge in [-0.25, -0.2) is 4.79 Å². The number of carbonyl (C=O) groups excluding carboxylic acids is 3. The van der Waals surface area contributed by atoms with E-state index in [2.05, 4.69) is 130 Å². The van der Waals surface area contributed by atoms with Gasteiger partial charge in [0.15, 0.2) is 24.6 Å². The van der Waals surface area contributed by atoms with Crippen molar-refractivity contribution in [1.82, 2.24) is 0 Å². The summed E-state index contributed by atoms with van der Waals surface area (Å²) >= 11 is 0. The van der Waals surface area contributed by atoms with Crippen LogP contribution in [-0.2, 0) is 42.9 Å². The lowest BCUT2D eigenvalue weighted by molar-refractivity contribution is -0.301. The van der Waals surface area contributed by atoms with E-state index in [9.17, 15) is 34.5 Å². The van der Waals surface area contributed by atoms with Crippen molar-refractivity contribution in [3.8, 4) is 0 Å². The number of esters is 3. The quantitative estimate of drug-likeness (QED) is 0.0228. The highest BCUT2D eigenvalue weighted by Crippen LogP contribution is 2.26. The number of ether oxygens (including phenoxy) is 5. The Morgan fingerprint density at radius 1 is 0.410 bits per heavy atom. The minimum Gasteiger partial charge on any atom is -0.479 e. The average Bonchev–Trinajstić information content (AvgIpc) is 3.60. The summed E-state index contributed by atoms with van der Waals surface area (Å²) in [5.74, 6) is -3.20. The molecule has 3 N–H and O–H groups in total. The molecule has 0 aliphatic carbocycles. The van der Waals surface area contributed by atoms with Crippen LogP contribution in [0.1, 0.15) is 265 Å². The molecule has 1 heterocycles. The van der Waals surface area contributed by atoms with Gasteiger partial charge in [-0.15, -0.1) is 0 Å². The van der Waals surface area contributed by atoms with Gasteiger partial charge in [-0.2, -0.15) is 0 Å². The zero-order chi connectivity index (χ0) is 60.3. The third kappa shape index (κ3) is 47.3. The van der Waals surface area contributed by atoms with Gasteiger partial charge in [-0.1, -0.05) is 233 Å². The maximum absolute atomic E-state index is 13.2. The predicted octanol–water partition coefficient (Wildman–Crippen LogP) is 17.8. The zero-order valence-electron chi connectivity index (χ0n) is 52.2. The highest BCUT2D eigenvalue weighted by Gasteiger charge is 2.50. The van der Waals surface area contributed by atoms with E-state index >= 15 is 0 Å². The standard InChI is InChI=1S/C71H116O12/c1-4-7-10-13-16-19-22-25-28-30-32-34-37-39-42-45-48-51-54-57-63(72)79-60-62(81-64(73)58-55-52-49-46-43-40-36-27-24-21-18-15-12-9-6-3)61-80-71-69(67(76)66(75)68(83-71)70(77)78)82-65(74)59-56-53-50-47-44-41-38-35-33-31-29-26-23-20-17-14-11-8-5-2/h8-9,11-12,17-18,20-21,25-29,33,35-36,43,46,62,66-69,71,75-76H,4-7,10,13-16,19,22-24,30-32,34,37-42,44-45,47-61H2,1-3H3,(H,77,78)/b11-8-,12-9-,20-17-,21-18-,28-25-,29-26-,35-33-,36-27-,46-43-. The third-order valence-corrected chi connectivity index (χ3v) is 14.3. The molecule has 0 saturated carbocycles. The Kier molecular flexibility index (Phi) is 53.2. The lowest BCUT2D eigenvalue weighted by Gasteiger charge is -2.40. The van der Waals surface area contributed by atoms with Gasteiger partial charge in [0.2, 0.25) is 0 Å². The summed E-state index contributed by atoms with van der Waals surface area (Å²) in [6, 6.07) is 0. The van der Waals surface area contributed by atoms with E-state index in [0.29, 0.717) is 19.3 Å². The molecule has 1 saturated heterocycles. The Bertz CT molecular complexity index is 1860. The van der Waals surface area contributed by atoms with Gasteiger partial charge in [0.1, 0.15) is 18.8 Å². The number of hydrogen-bond donors (Lipinski definition) is 3. The van der Waals surface area contributed by atoms with Crippen LogP contribution in [0.15, 0.2) is 109 Å². The van der Waals surface area contributed by atoms with Gasteiger partial charge in [0.25, 0.3) is 0 Å². The molecule has 0 spiro atoms. The molecule has 1 rings (SSSR count). The van der Waals surface area contributed by atoms with Crippen LogP contribution >= 0.6 is 0 Å². The molecule has 0 amide bonds. The van der Waals surface area contributed by atoms with Gasteiger partial charge in [0.05, 0.1) is 6.61 Å². The second kappa shape index (κ2) is 57.8. The van der Waals surface area contributed by atoms with Gasteiger partial charge in [0, 0.05) is 19.3 Å². The predicted molar refractivity (Wildman–Crippen MR) is 340 cm³/mol. The van der Waals surface area contributed by atoms with Crippen molar-refractivity contribution in [3.05, 3.63) is 109 Å². The summed E-state index contributed by atoms with van der Waals surface area (Å²) in [6.07, 6.45) is 66.2. The summed E-state index contributed by atoms with van der Waals surface area (Å²) in [7, 11) is 0. The molecule has 1 aliphatic rings. The van der Waals surface area contributed by atoms with Crippen molar-refractivity contribution >= 4 is 23.9 Å². The molecular weight excluding hydrogens is 1040 g/mol. The number of carbonyl (C=O) groups is 4. The van der Waals surface area contributed by atoms with Crippen LogP contribution in [0, 0.1) is 0 Å². The largest absolute Gasteiger partial charge is 0.479 e. The number of unbranched alkanes of at least 4 members (excludes halogenated alkanes) is 23. The average molecular weight is 1160 g/mol. The van der Waals surface area contributed by atoms with Gasteiger partial charge in [-0.05, 0) is 122 Å². The van der Waals surface area contributed by atoms with Crippen LogP contribution in [-0.4, -0.2) is 89.2 Å². The van der Waals surface area contributed by atoms with Crippen molar-refractivity contribution in [2.24, 2.45) is 0 Å². The molecular formula is C71H116O12. The second-order valence-electron chi connectivity index (χ2n) is 22.0. The maximum atomic E-state index is 13.2. The first-order chi connectivity index (χ1) is 40.6. The molecule has 0 aromatic carbocycles. The Hall–Kier alpha value is -4.62. The Labute approximate surface area is 504 Å². The van der Waals surface area contributed by atoms with E-state index in [1.165, 1.54) is 83.5 Å². The number of carboxylic acids is 1. The topological polar surface area (TPSA) is 175 Å². The molecule has 12 nitrogen and oxygen atoms in total. The van der Waals surface area contributed by atoms with Crippen molar-refractivity contribution in [1.29, 1.82) is 0 Å². The minimum atomic E-state index is -1.92. The molecule has 12 heteroatoms. The second-order valence-corrected chi connectivity index (χ2v) is 22.0. The fourth-order valence-electron chi connectivity index (χ4n) is 9.34. The third-order valence-electron chi connectivity index (χ3n) is 14.3. The van der Waals surface area contributed by atoms with Crippen molar-refractivity contribution in [2.45, 2.75) is 302 Å². The Balaban J connectivity index is 2.68. The lowest BCUT2D eigenvalue weighted by Crippen LogP contribution is -2.61. The molecule has 0 bridgehead atoms. The van der Waals surface area contributed by atoms with Gasteiger partial charge < -0.3 is 39.0 Å². The minimum absolute atomic E-state index is 0.0342. The van der Waals surface area contributed by atoms with E-state index in [0.717, 1.165) is 122 Å². The fraction of sp³-hybridized carbons (Fsp3) is 0.690. The summed E-state index contributed by atoms with van der Waals surface area (Å²) in [4.78, 5) is 51.3. The monoisotopic (exact) mass is 1160 g/mol. The van der Waals surface area contributed by atoms with Crippen LogP contribution < -0.4 is 0 Å². The maximum Gasteiger partial charge on any atom is 0.335 e. The van der Waals surface area contributed by atoms with Crippen LogP contribution in [0.4, 0.5) is 0 Å². The SMILES string of the molecule is CC/C=C\C/C=C\C/C=C\C/C=C\CCCCCCCCC(=O)OC1C(OCC(COC(=O)CCCCCCCCCCC/C=C\CCCCCCCC)OC(=O)CCCC/C=C\C/C=C\C/C=C\C/C=C\CC)OC(C(=O)O)C(O)C1O. The molecule has 6 unspecified atom stereocenters. The summed E-state index contributed by atoms with van der Waals surface area (Å²) in [5, 5.41) is 31.6. The number of rotatable bonds is 55. The number of aliphatic hydroxyl groups excluding tert-OH is 2. The van der Waals surface area contributed by atoms with Crippen LogP contribution in [0.3, 0.4) is 0 Å². The summed E-state index contributed by atoms with van der Waals surface area (Å²) < 4.78 is 28.5. The first-order valence-corrected chi connectivity index (χ1v) is 32.9. The Morgan fingerprint density at radius 2 is 0.759 bits per heavy atom. The van der Waals surface area contributed by atoms with Crippen molar-refractivity contribution in [2.75, 3.05) is 13.2 Å². The highest BCUT2D eigenvalue weighted by molar-refractivity contribution is 5.74. The molecule has 1 fully saturated rings. The van der Waals surface area contributed by atoms with E-state index in [1.807, 2.05) is 0 Å². The van der Waals surface area contributed by atoms with Gasteiger partial charge in [-0.3, -0.25) is 14.4 Å². The molecule has 0 aromatic rings. The van der Waals surface area contributed by atoms with Crippen molar-refractivity contribution < 1.29 is 58.2 Å². The molecule has 83 heavy (non-hydrogen) atoms. The summed E-state index contributed by atoms with van der Waals surface area (Å²) in [6.45, 7) is 5.74. The number of hydrogen-bond acceptors (Lipinski definition) is 11. The van der Waals surface area contributed by atoms with Gasteiger partial charge >= 0.3 is 23.9 Å². The molecule has 6 atom stereocenters. The van der Waals surface area contributed by atoms with Crippen molar-refractivity contribution in [3.63, 3.8) is 0 Å². The number of aliphatic hydroxyl groups is 2. The number of aliphatic carboxylic acids is 1. The lowest BCUT2D eigenvalue weighted by atomic mass is 9.98. The van der Waals surface area contributed by atoms with Crippen LogP contribution in [0.5, 0.6) is 0 Å². The molecule has 472 valence electrons. The Morgan fingerprint density at radius 3 is 1.19 bits per heavy atom. The fourth-order valence-corrected chi connectivity index (χ4v) is 9.34. The number of carboxylic acid groups (broad SMARTS) is 1. The molecule has 0 aromatic heterocycles. The molecule has 0 radical (unpaired) electrons.